The maximum absolute atomic E-state index is 12.9. The smallest absolute Gasteiger partial charge is 0.261 e. The molecule has 2 N–H and O–H groups in total. The number of nitrogens with zero attached hydrogens (tertiary/aromatic N) is 3. The first-order valence-corrected chi connectivity index (χ1v) is 9.33. The molecule has 0 aliphatic heterocycles. The van der Waals surface area contributed by atoms with Crippen molar-refractivity contribution in [3.63, 3.8) is 0 Å². The van der Waals surface area contributed by atoms with E-state index in [4.69, 9.17) is 0 Å². The lowest BCUT2D eigenvalue weighted by atomic mass is 10.2. The van der Waals surface area contributed by atoms with Gasteiger partial charge in [0.1, 0.15) is 12.1 Å². The number of aryl methyl sites for hydroxylation is 1. The third-order valence-corrected chi connectivity index (χ3v) is 4.94. The lowest BCUT2D eigenvalue weighted by molar-refractivity contribution is 0.0949. The van der Waals surface area contributed by atoms with Gasteiger partial charge in [0, 0.05) is 18.3 Å². The highest BCUT2D eigenvalue weighted by atomic mass is 32.2. The van der Waals surface area contributed by atoms with Gasteiger partial charge in [-0.3, -0.25) is 14.2 Å². The Kier molecular flexibility index (Phi) is 5.17. The zero-order chi connectivity index (χ0) is 19.4. The molecule has 8 nitrogen and oxygen atoms in total. The van der Waals surface area contributed by atoms with Crippen LogP contribution in [0.1, 0.15) is 16.2 Å². The Morgan fingerprint density at radius 2 is 1.93 bits per heavy atom. The fourth-order valence-corrected chi connectivity index (χ4v) is 3.37. The van der Waals surface area contributed by atoms with Crippen LogP contribution < -0.4 is 10.0 Å². The molecule has 0 saturated heterocycles. The van der Waals surface area contributed by atoms with Gasteiger partial charge in [0.2, 0.25) is 0 Å². The quantitative estimate of drug-likeness (QED) is 0.667. The third kappa shape index (κ3) is 4.67. The molecule has 0 bridgehead atoms. The number of anilines is 1. The first-order valence-electron chi connectivity index (χ1n) is 7.85. The molecule has 0 unspecified atom stereocenters. The van der Waals surface area contributed by atoms with Gasteiger partial charge in [0.25, 0.3) is 15.9 Å². The van der Waals surface area contributed by atoms with Crippen LogP contribution in [0, 0.1) is 5.82 Å². The fraction of sp³-hybridized carbons (Fsp3) is 0.118. The maximum atomic E-state index is 12.9. The molecule has 0 atom stereocenters. The lowest BCUT2D eigenvalue weighted by Gasteiger charge is -2.09. The molecule has 1 aromatic heterocycles. The largest absolute Gasteiger partial charge is 0.345 e. The highest BCUT2D eigenvalue weighted by Crippen LogP contribution is 2.17. The number of hydrogen-bond donors (Lipinski definition) is 2. The number of rotatable bonds is 6. The first kappa shape index (κ1) is 18.5. The number of benzene rings is 2. The summed E-state index contributed by atoms with van der Waals surface area (Å²) >= 11 is 0. The van der Waals surface area contributed by atoms with Crippen LogP contribution in [-0.2, 0) is 23.6 Å². The molecule has 3 rings (SSSR count). The van der Waals surface area contributed by atoms with Crippen LogP contribution in [0.25, 0.3) is 0 Å². The molecule has 0 aliphatic rings. The summed E-state index contributed by atoms with van der Waals surface area (Å²) < 4.78 is 41.8. The van der Waals surface area contributed by atoms with Crippen LogP contribution >= 0.6 is 0 Å². The number of halogens is 1. The first-order chi connectivity index (χ1) is 12.8. The van der Waals surface area contributed by atoms with Gasteiger partial charge in [-0.1, -0.05) is 6.07 Å². The zero-order valence-electron chi connectivity index (χ0n) is 14.3. The molecule has 0 fully saturated rings. The molecule has 2 aromatic carbocycles. The lowest BCUT2D eigenvalue weighted by Crippen LogP contribution is -2.24. The van der Waals surface area contributed by atoms with Gasteiger partial charge in [0.15, 0.2) is 5.82 Å². The van der Waals surface area contributed by atoms with Crippen molar-refractivity contribution in [1.29, 1.82) is 0 Å². The molecule has 140 valence electrons. The fourth-order valence-electron chi connectivity index (χ4n) is 2.26. The van der Waals surface area contributed by atoms with E-state index in [1.54, 1.807) is 7.05 Å². The molecule has 3 aromatic rings. The van der Waals surface area contributed by atoms with E-state index in [9.17, 15) is 17.6 Å². The van der Waals surface area contributed by atoms with Crippen LogP contribution in [0.4, 0.5) is 10.1 Å². The summed E-state index contributed by atoms with van der Waals surface area (Å²) in [6.45, 7) is 0.116. The van der Waals surface area contributed by atoms with Gasteiger partial charge in [-0.2, -0.15) is 5.10 Å². The van der Waals surface area contributed by atoms with Gasteiger partial charge in [-0.25, -0.2) is 17.8 Å². The number of carbonyl (C=O) groups excluding carboxylic acids is 1. The molecular weight excluding hydrogens is 373 g/mol. The summed E-state index contributed by atoms with van der Waals surface area (Å²) in [5.74, 6) is -0.493. The summed E-state index contributed by atoms with van der Waals surface area (Å²) in [6.07, 6.45) is 1.51. The van der Waals surface area contributed by atoms with E-state index in [0.717, 1.165) is 12.1 Å². The average molecular weight is 389 g/mol. The Hall–Kier alpha value is -3.27. The van der Waals surface area contributed by atoms with Gasteiger partial charge in [0.05, 0.1) is 11.4 Å². The van der Waals surface area contributed by atoms with Crippen LogP contribution in [0.15, 0.2) is 59.8 Å². The van der Waals surface area contributed by atoms with Crippen molar-refractivity contribution in [1.82, 2.24) is 20.1 Å². The summed E-state index contributed by atoms with van der Waals surface area (Å²) in [5.41, 5.74) is 0.389. The van der Waals surface area contributed by atoms with Crippen molar-refractivity contribution in [2.24, 2.45) is 7.05 Å². The molecule has 0 aliphatic carbocycles. The monoisotopic (exact) mass is 389 g/mol. The van der Waals surface area contributed by atoms with Crippen molar-refractivity contribution in [3.05, 3.63) is 72.1 Å². The number of aromatic nitrogens is 3. The molecular formula is C17H16FN5O3S. The van der Waals surface area contributed by atoms with Gasteiger partial charge in [-0.15, -0.1) is 0 Å². The molecule has 10 heteroatoms. The van der Waals surface area contributed by atoms with Crippen molar-refractivity contribution < 1.29 is 17.6 Å². The predicted octanol–water partition coefficient (Wildman–Crippen LogP) is 1.68. The summed E-state index contributed by atoms with van der Waals surface area (Å²) in [7, 11) is -2.22. The Labute approximate surface area is 155 Å². The van der Waals surface area contributed by atoms with E-state index >= 15 is 0 Å². The number of amides is 1. The van der Waals surface area contributed by atoms with E-state index in [-0.39, 0.29) is 22.7 Å². The van der Waals surface area contributed by atoms with Crippen LogP contribution in [0.2, 0.25) is 0 Å². The number of hydrogen-bond acceptors (Lipinski definition) is 5. The molecule has 1 heterocycles. The molecule has 0 spiro atoms. The highest BCUT2D eigenvalue weighted by molar-refractivity contribution is 7.92. The average Bonchev–Trinajstić information content (AvgIpc) is 3.07. The Bertz CT molecular complexity index is 1060. The SMILES string of the molecule is Cn1cnc(CNC(=O)c2cccc(S(=O)(=O)Nc3ccc(F)cc3)c2)n1. The molecule has 0 saturated carbocycles. The highest BCUT2D eigenvalue weighted by Gasteiger charge is 2.17. The van der Waals surface area contributed by atoms with Crippen LogP contribution in [0.5, 0.6) is 0 Å². The van der Waals surface area contributed by atoms with Gasteiger partial charge in [-0.05, 0) is 42.5 Å². The molecule has 0 radical (unpaired) electrons. The van der Waals surface area contributed by atoms with Crippen molar-refractivity contribution in [2.45, 2.75) is 11.4 Å². The van der Waals surface area contributed by atoms with E-state index in [1.807, 2.05) is 0 Å². The second kappa shape index (κ2) is 7.54. The number of sulfonamides is 1. The van der Waals surface area contributed by atoms with Crippen molar-refractivity contribution in [3.8, 4) is 0 Å². The maximum Gasteiger partial charge on any atom is 0.261 e. The van der Waals surface area contributed by atoms with E-state index < -0.39 is 21.7 Å². The molecule has 1 amide bonds. The van der Waals surface area contributed by atoms with E-state index in [0.29, 0.717) is 5.82 Å². The van der Waals surface area contributed by atoms with Crippen molar-refractivity contribution in [2.75, 3.05) is 4.72 Å². The van der Waals surface area contributed by atoms with Gasteiger partial charge >= 0.3 is 0 Å². The van der Waals surface area contributed by atoms with Gasteiger partial charge < -0.3 is 5.32 Å². The summed E-state index contributed by atoms with van der Waals surface area (Å²) in [6, 6.07) is 10.5. The van der Waals surface area contributed by atoms with Crippen molar-refractivity contribution >= 4 is 21.6 Å². The number of nitrogens with one attached hydrogen (secondary N) is 2. The predicted molar refractivity (Wildman–Crippen MR) is 95.8 cm³/mol. The minimum absolute atomic E-state index is 0.0876. The zero-order valence-corrected chi connectivity index (χ0v) is 15.1. The Morgan fingerprint density at radius 1 is 1.19 bits per heavy atom. The minimum atomic E-state index is -3.93. The second-order valence-corrected chi connectivity index (χ2v) is 7.34. The summed E-state index contributed by atoms with van der Waals surface area (Å²) in [5, 5.41) is 6.67. The third-order valence-electron chi connectivity index (χ3n) is 3.56. The second-order valence-electron chi connectivity index (χ2n) is 5.66. The Balaban J connectivity index is 1.73. The Morgan fingerprint density at radius 3 is 2.59 bits per heavy atom. The molecule has 27 heavy (non-hydrogen) atoms. The van der Waals surface area contributed by atoms with Crippen LogP contribution in [0.3, 0.4) is 0 Å². The topological polar surface area (TPSA) is 106 Å². The minimum Gasteiger partial charge on any atom is -0.345 e. The number of carbonyl (C=O) groups is 1. The van der Waals surface area contributed by atoms with E-state index in [1.165, 1.54) is 47.4 Å². The van der Waals surface area contributed by atoms with E-state index in [2.05, 4.69) is 20.1 Å². The summed E-state index contributed by atoms with van der Waals surface area (Å²) in [4.78, 5) is 16.2. The normalized spacial score (nSPS) is 11.2. The standard InChI is InChI=1S/C17H16FN5O3S/c1-23-11-20-16(21-23)10-19-17(24)12-3-2-4-15(9-12)27(25,26)22-14-7-5-13(18)6-8-14/h2-9,11,22H,10H2,1H3,(H,19,24). The van der Waals surface area contributed by atoms with Crippen LogP contribution in [-0.4, -0.2) is 29.1 Å².